The molecule has 0 bridgehead atoms. The molecular weight excluding hydrogens is 352 g/mol. The molecule has 0 atom stereocenters. The Bertz CT molecular complexity index is 347. The fraction of sp³-hybridized carbons (Fsp3) is 0.667. The molecule has 1 saturated heterocycles. The maximum absolute atomic E-state index is 12.4. The van der Waals surface area contributed by atoms with Crippen LogP contribution in [0.1, 0.15) is 61.5 Å². The minimum atomic E-state index is -0.163. The van der Waals surface area contributed by atoms with Gasteiger partial charge in [0.25, 0.3) is 0 Å². The van der Waals surface area contributed by atoms with Crippen molar-refractivity contribution in [1.29, 1.82) is 0 Å². The molecule has 0 aromatic heterocycles. The predicted molar refractivity (Wildman–Crippen MR) is 95.4 cm³/mol. The van der Waals surface area contributed by atoms with Crippen molar-refractivity contribution in [2.45, 2.75) is 68.0 Å². The Morgan fingerprint density at radius 2 is 1.41 bits per heavy atom. The van der Waals surface area contributed by atoms with Crippen molar-refractivity contribution in [1.82, 2.24) is 4.90 Å². The van der Waals surface area contributed by atoms with Crippen molar-refractivity contribution in [3.8, 4) is 0 Å². The van der Waals surface area contributed by atoms with E-state index in [1.807, 2.05) is 12.1 Å². The molecule has 0 saturated carbocycles. The summed E-state index contributed by atoms with van der Waals surface area (Å²) in [5, 5.41) is 0. The van der Waals surface area contributed by atoms with E-state index in [-0.39, 0.29) is 60.8 Å². The molecule has 2 N–H and O–H groups in total. The number of halogens is 1. The largest absolute Gasteiger partial charge is 0.325 e. The molecule has 2 nitrogen and oxygen atoms in total. The second-order valence-corrected chi connectivity index (χ2v) is 5.51. The number of likely N-dealkylation sites (tertiary alicyclic amines) is 1. The Kier molecular flexibility index (Phi) is 20.2. The fourth-order valence-electron chi connectivity index (χ4n) is 1.82. The van der Waals surface area contributed by atoms with E-state index in [1.54, 1.807) is 0 Å². The summed E-state index contributed by atoms with van der Waals surface area (Å²) in [6.45, 7) is 10.8. The second kappa shape index (κ2) is 14.7. The van der Waals surface area contributed by atoms with Crippen molar-refractivity contribution in [3.63, 3.8) is 0 Å². The number of rotatable bonds is 2. The van der Waals surface area contributed by atoms with Crippen LogP contribution in [-0.2, 0) is 32.7 Å². The van der Waals surface area contributed by atoms with E-state index < -0.39 is 0 Å². The van der Waals surface area contributed by atoms with Crippen LogP contribution in [0.3, 0.4) is 0 Å². The van der Waals surface area contributed by atoms with Crippen molar-refractivity contribution >= 4 is 0 Å². The fourth-order valence-corrected chi connectivity index (χ4v) is 1.82. The summed E-state index contributed by atoms with van der Waals surface area (Å²) in [6.07, 6.45) is 0. The summed E-state index contributed by atoms with van der Waals surface area (Å²) >= 11 is 0. The molecule has 1 aliphatic rings. The zero-order valence-corrected chi connectivity index (χ0v) is 15.3. The third-order valence-corrected chi connectivity index (χ3v) is 3.21. The Labute approximate surface area is 163 Å². The first-order valence-electron chi connectivity index (χ1n) is 6.65. The van der Waals surface area contributed by atoms with E-state index in [1.165, 1.54) is 17.7 Å². The Morgan fingerprint density at radius 3 is 1.64 bits per heavy atom. The maximum atomic E-state index is 12.4. The van der Waals surface area contributed by atoms with Gasteiger partial charge >= 0.3 is 0 Å². The van der Waals surface area contributed by atoms with Crippen LogP contribution in [0.25, 0.3) is 0 Å². The van der Waals surface area contributed by atoms with Gasteiger partial charge in [-0.05, 0) is 37.5 Å². The van der Waals surface area contributed by atoms with Gasteiger partial charge in [-0.15, -0.1) is 0 Å². The van der Waals surface area contributed by atoms with Gasteiger partial charge in [0.15, 0.2) is 0 Å². The summed E-state index contributed by atoms with van der Waals surface area (Å²) < 4.78 is 12.4. The normalized spacial score (nSPS) is 13.5. The van der Waals surface area contributed by atoms with Gasteiger partial charge in [-0.1, -0.05) is 48.3 Å². The van der Waals surface area contributed by atoms with Crippen molar-refractivity contribution in [2.24, 2.45) is 5.73 Å². The zero-order valence-electron chi connectivity index (χ0n) is 12.4. The number of hydrogen-bond donors (Lipinski definition) is 1. The smallest absolute Gasteiger partial charge is 0.123 e. The average molecular weight is 389 g/mol. The maximum Gasteiger partial charge on any atom is 0.123 e. The van der Waals surface area contributed by atoms with Crippen LogP contribution in [0, 0.1) is 5.82 Å². The molecule has 1 aromatic carbocycles. The summed E-state index contributed by atoms with van der Waals surface area (Å²) in [5.74, 6) is 0.324. The molecule has 0 spiro atoms. The van der Waals surface area contributed by atoms with E-state index in [9.17, 15) is 4.39 Å². The summed E-state index contributed by atoms with van der Waals surface area (Å²) in [7, 11) is 0. The van der Waals surface area contributed by atoms with Gasteiger partial charge in [-0.3, -0.25) is 4.90 Å². The van der Waals surface area contributed by atoms with Gasteiger partial charge in [0, 0.05) is 57.9 Å². The molecule has 1 heterocycles. The Morgan fingerprint density at radius 1 is 1.00 bits per heavy atom. The molecule has 1 radical (unpaired) electrons. The van der Waals surface area contributed by atoms with Gasteiger partial charge in [-0.2, -0.15) is 0 Å². The molecule has 0 unspecified atom stereocenters. The van der Waals surface area contributed by atoms with Gasteiger partial charge in [0.2, 0.25) is 0 Å². The van der Waals surface area contributed by atoms with Crippen LogP contribution in [-0.4, -0.2) is 30.1 Å². The molecule has 1 aliphatic heterocycles. The van der Waals surface area contributed by atoms with Crippen LogP contribution >= 0.6 is 0 Å². The molecular formula is C18H37FN2Y. The molecule has 1 fully saturated rings. The topological polar surface area (TPSA) is 29.3 Å². The monoisotopic (exact) mass is 389 g/mol. The number of benzene rings is 1. The quantitative estimate of drug-likeness (QED) is 0.780. The van der Waals surface area contributed by atoms with Gasteiger partial charge < -0.3 is 5.73 Å². The minimum Gasteiger partial charge on any atom is -0.325 e. The first-order valence-corrected chi connectivity index (χ1v) is 6.65. The first kappa shape index (κ1) is 30.1. The number of nitrogens with zero attached hydrogens (tertiary/aromatic N) is 1. The van der Waals surface area contributed by atoms with Gasteiger partial charge in [-0.25, -0.2) is 4.39 Å². The van der Waals surface area contributed by atoms with Crippen LogP contribution in [0.2, 0.25) is 0 Å². The third kappa shape index (κ3) is 10.8. The Hall–Kier alpha value is 0.174. The van der Waals surface area contributed by atoms with E-state index in [0.717, 1.165) is 13.1 Å². The van der Waals surface area contributed by atoms with Crippen molar-refractivity contribution in [3.05, 3.63) is 35.6 Å². The van der Waals surface area contributed by atoms with Crippen LogP contribution in [0.5, 0.6) is 0 Å². The van der Waals surface area contributed by atoms with E-state index in [4.69, 9.17) is 5.73 Å². The first-order chi connectivity index (χ1) is 8.40. The van der Waals surface area contributed by atoms with E-state index >= 15 is 0 Å². The molecule has 0 aliphatic carbocycles. The zero-order chi connectivity index (χ0) is 13.7. The summed E-state index contributed by atoms with van der Waals surface area (Å²) in [5.41, 5.74) is 6.75. The predicted octanol–water partition coefficient (Wildman–Crippen LogP) is 4.89. The molecule has 22 heavy (non-hydrogen) atoms. The van der Waals surface area contributed by atoms with Crippen molar-refractivity contribution in [2.75, 3.05) is 13.1 Å². The summed E-state index contributed by atoms with van der Waals surface area (Å²) in [4.78, 5) is 2.37. The van der Waals surface area contributed by atoms with E-state index in [0.29, 0.717) is 18.0 Å². The molecule has 2 rings (SSSR count). The van der Waals surface area contributed by atoms with Crippen molar-refractivity contribution < 1.29 is 37.1 Å². The molecule has 1 aromatic rings. The molecule has 0 amide bonds. The Balaban J connectivity index is -0.000000126. The average Bonchev–Trinajstić information content (AvgIpc) is 2.26. The molecule has 4 heteroatoms. The second-order valence-electron chi connectivity index (χ2n) is 5.51. The SMILES string of the molecule is C.C.C.CC(C)N1CC(N)C1.CC(C)c1ccc(F)cc1.[Y]. The molecule has 129 valence electrons. The summed E-state index contributed by atoms with van der Waals surface area (Å²) in [6, 6.07) is 7.78. The van der Waals surface area contributed by atoms with Gasteiger partial charge in [0.1, 0.15) is 5.82 Å². The standard InChI is InChI=1S/C9H11F.C6H14N2.3CH4.Y/c1-7(2)8-3-5-9(10)6-4-8;1-5(2)8-3-6(7)4-8;;;;/h3-7H,1-2H3;5-6H,3-4,7H2,1-2H3;3*1H4;. The number of nitrogens with two attached hydrogens (primary N) is 1. The third-order valence-electron chi connectivity index (χ3n) is 3.21. The van der Waals surface area contributed by atoms with Crippen LogP contribution < -0.4 is 5.73 Å². The van der Waals surface area contributed by atoms with E-state index in [2.05, 4.69) is 32.6 Å². The van der Waals surface area contributed by atoms with Crippen LogP contribution in [0.15, 0.2) is 24.3 Å². The number of hydrogen-bond acceptors (Lipinski definition) is 2. The van der Waals surface area contributed by atoms with Gasteiger partial charge in [0.05, 0.1) is 0 Å². The van der Waals surface area contributed by atoms with Crippen LogP contribution in [0.4, 0.5) is 4.39 Å². The minimum absolute atomic E-state index is 0.